The summed E-state index contributed by atoms with van der Waals surface area (Å²) < 4.78 is 5.35. The van der Waals surface area contributed by atoms with Crippen LogP contribution in [0.5, 0.6) is 0 Å². The highest BCUT2D eigenvalue weighted by molar-refractivity contribution is 5.92. The Balaban J connectivity index is 2.09. The van der Waals surface area contributed by atoms with Gasteiger partial charge in [0.2, 0.25) is 11.7 Å². The van der Waals surface area contributed by atoms with E-state index in [4.69, 9.17) is 4.42 Å². The van der Waals surface area contributed by atoms with E-state index in [9.17, 15) is 20.0 Å². The van der Waals surface area contributed by atoms with Crippen molar-refractivity contribution in [2.45, 2.75) is 0 Å². The quantitative estimate of drug-likeness (QED) is 0.582. The van der Waals surface area contributed by atoms with E-state index in [0.29, 0.717) is 11.1 Å². The molecule has 114 valence electrons. The molecule has 2 aromatic carbocycles. The van der Waals surface area contributed by atoms with Crippen molar-refractivity contribution >= 4 is 11.7 Å². The van der Waals surface area contributed by atoms with Gasteiger partial charge in [0.15, 0.2) is 0 Å². The molecule has 23 heavy (non-hydrogen) atoms. The molecule has 0 saturated heterocycles. The van der Waals surface area contributed by atoms with E-state index in [1.54, 1.807) is 24.3 Å². The minimum atomic E-state index is -1.26. The zero-order chi connectivity index (χ0) is 16.4. The Morgan fingerprint density at radius 1 is 1.04 bits per heavy atom. The maximum Gasteiger partial charge on any atom is 0.374 e. The number of nitro groups is 1. The molecule has 1 heterocycles. The van der Waals surface area contributed by atoms with Crippen LogP contribution in [0.1, 0.15) is 10.6 Å². The third-order valence-corrected chi connectivity index (χ3v) is 3.19. The van der Waals surface area contributed by atoms with Gasteiger partial charge in [-0.25, -0.2) is 9.78 Å². The molecular formula is C16H10N2O5. The Kier molecular flexibility index (Phi) is 3.60. The van der Waals surface area contributed by atoms with Crippen LogP contribution in [0.25, 0.3) is 22.7 Å². The van der Waals surface area contributed by atoms with E-state index in [-0.39, 0.29) is 23.0 Å². The van der Waals surface area contributed by atoms with Gasteiger partial charge in [0.1, 0.15) is 5.69 Å². The van der Waals surface area contributed by atoms with Crippen LogP contribution in [0.2, 0.25) is 0 Å². The van der Waals surface area contributed by atoms with Crippen molar-refractivity contribution in [3.05, 3.63) is 70.5 Å². The van der Waals surface area contributed by atoms with Crippen molar-refractivity contribution in [2.24, 2.45) is 0 Å². The number of carbonyl (C=O) groups is 1. The summed E-state index contributed by atoms with van der Waals surface area (Å²) in [4.78, 5) is 25.8. The Morgan fingerprint density at radius 3 is 2.26 bits per heavy atom. The molecule has 0 amide bonds. The van der Waals surface area contributed by atoms with E-state index in [1.165, 1.54) is 24.3 Å². The van der Waals surface area contributed by atoms with Gasteiger partial charge in [0, 0.05) is 23.3 Å². The maximum atomic E-state index is 11.4. The van der Waals surface area contributed by atoms with Crippen LogP contribution >= 0.6 is 0 Å². The minimum absolute atomic E-state index is 0.0857. The molecule has 0 fully saturated rings. The minimum Gasteiger partial charge on any atom is -0.475 e. The number of hydrogen-bond donors (Lipinski definition) is 1. The molecule has 0 aliphatic rings. The Hall–Kier alpha value is -3.48. The summed E-state index contributed by atoms with van der Waals surface area (Å²) in [5.74, 6) is -1.39. The number of oxazole rings is 1. The van der Waals surface area contributed by atoms with E-state index in [2.05, 4.69) is 4.98 Å². The second-order valence-corrected chi connectivity index (χ2v) is 4.67. The Bertz CT molecular complexity index is 869. The van der Waals surface area contributed by atoms with Crippen LogP contribution in [0.3, 0.4) is 0 Å². The number of carboxylic acids is 1. The summed E-state index contributed by atoms with van der Waals surface area (Å²) in [5, 5.41) is 20.0. The number of benzene rings is 2. The number of nitro benzene ring substituents is 1. The first kappa shape index (κ1) is 14.5. The lowest BCUT2D eigenvalue weighted by Crippen LogP contribution is -1.96. The van der Waals surface area contributed by atoms with Crippen molar-refractivity contribution < 1.29 is 19.2 Å². The first-order valence-electron chi connectivity index (χ1n) is 6.60. The van der Waals surface area contributed by atoms with Gasteiger partial charge >= 0.3 is 5.97 Å². The molecule has 0 bridgehead atoms. The molecule has 1 aromatic heterocycles. The number of hydrogen-bond acceptors (Lipinski definition) is 5. The van der Waals surface area contributed by atoms with Crippen molar-refractivity contribution in [3.63, 3.8) is 0 Å². The van der Waals surface area contributed by atoms with Gasteiger partial charge in [-0.2, -0.15) is 0 Å². The van der Waals surface area contributed by atoms with Gasteiger partial charge in [-0.05, 0) is 24.3 Å². The Labute approximate surface area is 130 Å². The summed E-state index contributed by atoms with van der Waals surface area (Å²) in [7, 11) is 0. The van der Waals surface area contributed by atoms with Crippen LogP contribution in [0, 0.1) is 10.1 Å². The molecule has 0 saturated carbocycles. The molecule has 0 radical (unpaired) electrons. The largest absolute Gasteiger partial charge is 0.475 e. The molecular weight excluding hydrogens is 300 g/mol. The second kappa shape index (κ2) is 5.72. The summed E-state index contributed by atoms with van der Waals surface area (Å²) in [5.41, 5.74) is 1.12. The van der Waals surface area contributed by atoms with E-state index >= 15 is 0 Å². The van der Waals surface area contributed by atoms with Crippen LogP contribution in [-0.4, -0.2) is 21.0 Å². The summed E-state index contributed by atoms with van der Waals surface area (Å²) in [6.07, 6.45) is 0. The third-order valence-electron chi connectivity index (χ3n) is 3.19. The van der Waals surface area contributed by atoms with Gasteiger partial charge in [-0.1, -0.05) is 18.2 Å². The van der Waals surface area contributed by atoms with Crippen LogP contribution in [0.4, 0.5) is 5.69 Å². The molecule has 1 N–H and O–H groups in total. The number of aromatic carboxylic acids is 1. The molecule has 0 aliphatic heterocycles. The molecule has 7 heteroatoms. The van der Waals surface area contributed by atoms with Crippen molar-refractivity contribution in [3.8, 4) is 22.7 Å². The first-order valence-corrected chi connectivity index (χ1v) is 6.60. The number of rotatable bonds is 4. The highest BCUT2D eigenvalue weighted by atomic mass is 16.6. The van der Waals surface area contributed by atoms with Crippen LogP contribution in [0.15, 0.2) is 59.0 Å². The highest BCUT2D eigenvalue weighted by Gasteiger charge is 2.22. The lowest BCUT2D eigenvalue weighted by Gasteiger charge is -1.97. The fourth-order valence-electron chi connectivity index (χ4n) is 2.11. The van der Waals surface area contributed by atoms with E-state index < -0.39 is 10.9 Å². The molecule has 3 rings (SSSR count). The lowest BCUT2D eigenvalue weighted by atomic mass is 10.1. The van der Waals surface area contributed by atoms with Gasteiger partial charge in [-0.3, -0.25) is 10.1 Å². The first-order chi connectivity index (χ1) is 11.1. The fourth-order valence-corrected chi connectivity index (χ4v) is 2.11. The standard InChI is InChI=1S/C16H10N2O5/c19-16(20)14-13(10-6-8-12(9-7-10)18(21)22)17-15(23-14)11-4-2-1-3-5-11/h1-9H,(H,19,20). The number of carboxylic acid groups (broad SMARTS) is 1. The fraction of sp³-hybridized carbons (Fsp3) is 0. The number of nitrogens with zero attached hydrogens (tertiary/aromatic N) is 2. The predicted octanol–water partition coefficient (Wildman–Crippen LogP) is 3.62. The molecule has 3 aromatic rings. The molecule has 0 unspecified atom stereocenters. The van der Waals surface area contributed by atoms with E-state index in [1.807, 2.05) is 6.07 Å². The summed E-state index contributed by atoms with van der Waals surface area (Å²) in [6.45, 7) is 0. The van der Waals surface area contributed by atoms with Crippen molar-refractivity contribution in [2.75, 3.05) is 0 Å². The van der Waals surface area contributed by atoms with Gasteiger partial charge in [0.25, 0.3) is 5.69 Å². The summed E-state index contributed by atoms with van der Waals surface area (Å²) >= 11 is 0. The number of aromatic nitrogens is 1. The smallest absolute Gasteiger partial charge is 0.374 e. The zero-order valence-corrected chi connectivity index (χ0v) is 11.7. The molecule has 7 nitrogen and oxygen atoms in total. The monoisotopic (exact) mass is 310 g/mol. The summed E-state index contributed by atoms with van der Waals surface area (Å²) in [6, 6.07) is 14.3. The second-order valence-electron chi connectivity index (χ2n) is 4.67. The molecule has 0 aliphatic carbocycles. The van der Waals surface area contributed by atoms with Gasteiger partial charge < -0.3 is 9.52 Å². The maximum absolute atomic E-state index is 11.4. The normalized spacial score (nSPS) is 10.4. The van der Waals surface area contributed by atoms with E-state index in [0.717, 1.165) is 0 Å². The predicted molar refractivity (Wildman–Crippen MR) is 81.0 cm³/mol. The van der Waals surface area contributed by atoms with Crippen LogP contribution in [-0.2, 0) is 0 Å². The van der Waals surface area contributed by atoms with Gasteiger partial charge in [-0.15, -0.1) is 0 Å². The SMILES string of the molecule is O=C(O)c1oc(-c2ccccc2)nc1-c1ccc([N+](=O)[O-])cc1. The topological polar surface area (TPSA) is 106 Å². The molecule has 0 atom stereocenters. The number of non-ortho nitro benzene ring substituents is 1. The average Bonchev–Trinajstić information content (AvgIpc) is 3.01. The van der Waals surface area contributed by atoms with Gasteiger partial charge in [0.05, 0.1) is 4.92 Å². The van der Waals surface area contributed by atoms with Crippen molar-refractivity contribution in [1.29, 1.82) is 0 Å². The zero-order valence-electron chi connectivity index (χ0n) is 11.7. The average molecular weight is 310 g/mol. The third kappa shape index (κ3) is 2.80. The van der Waals surface area contributed by atoms with Crippen LogP contribution < -0.4 is 0 Å². The molecule has 0 spiro atoms. The van der Waals surface area contributed by atoms with Crippen molar-refractivity contribution in [1.82, 2.24) is 4.98 Å². The Morgan fingerprint density at radius 2 is 1.70 bits per heavy atom. The lowest BCUT2D eigenvalue weighted by molar-refractivity contribution is -0.384. The highest BCUT2D eigenvalue weighted by Crippen LogP contribution is 2.30.